The summed E-state index contributed by atoms with van der Waals surface area (Å²) in [6.45, 7) is 8.12. The maximum absolute atomic E-state index is 12.4. The van der Waals surface area contributed by atoms with Crippen molar-refractivity contribution in [3.63, 3.8) is 0 Å². The molecule has 1 amide bonds. The van der Waals surface area contributed by atoms with Crippen LogP contribution in [0.2, 0.25) is 0 Å². The Morgan fingerprint density at radius 2 is 2.11 bits per heavy atom. The van der Waals surface area contributed by atoms with E-state index in [9.17, 15) is 4.79 Å². The number of nitrogens with one attached hydrogen (secondary N) is 1. The Morgan fingerprint density at radius 3 is 2.78 bits per heavy atom. The maximum atomic E-state index is 12.4. The van der Waals surface area contributed by atoms with Gasteiger partial charge in [0.1, 0.15) is 17.3 Å². The van der Waals surface area contributed by atoms with E-state index in [-0.39, 0.29) is 11.8 Å². The number of carbonyl (C=O) groups is 1. The van der Waals surface area contributed by atoms with E-state index >= 15 is 0 Å². The summed E-state index contributed by atoms with van der Waals surface area (Å²) in [7, 11) is 0. The van der Waals surface area contributed by atoms with Gasteiger partial charge in [0.25, 0.3) is 0 Å². The van der Waals surface area contributed by atoms with Gasteiger partial charge in [-0.15, -0.1) is 0 Å². The highest BCUT2D eigenvalue weighted by molar-refractivity contribution is 5.92. The van der Waals surface area contributed by atoms with Gasteiger partial charge in [0.05, 0.1) is 31.3 Å². The zero-order valence-electron chi connectivity index (χ0n) is 16.1. The summed E-state index contributed by atoms with van der Waals surface area (Å²) in [6.07, 6.45) is 4.58. The first-order valence-electron chi connectivity index (χ1n) is 9.80. The Labute approximate surface area is 159 Å². The average molecular weight is 372 g/mol. The SMILES string of the molecule is Cc1cc(CN2CCC(n3nccc3NC(=O)[C@H]3CCOC3)CC2)oc1C. The van der Waals surface area contributed by atoms with E-state index in [0.717, 1.165) is 56.2 Å². The monoisotopic (exact) mass is 372 g/mol. The summed E-state index contributed by atoms with van der Waals surface area (Å²) in [5.74, 6) is 2.83. The number of amides is 1. The second kappa shape index (κ2) is 7.86. The van der Waals surface area contributed by atoms with E-state index < -0.39 is 0 Å². The molecule has 27 heavy (non-hydrogen) atoms. The van der Waals surface area contributed by atoms with Gasteiger partial charge in [-0.05, 0) is 44.7 Å². The number of hydrogen-bond donors (Lipinski definition) is 1. The molecular weight excluding hydrogens is 344 g/mol. The highest BCUT2D eigenvalue weighted by Gasteiger charge is 2.27. The number of piperidine rings is 1. The molecule has 1 atom stereocenters. The Morgan fingerprint density at radius 1 is 1.30 bits per heavy atom. The van der Waals surface area contributed by atoms with Crippen molar-refractivity contribution in [3.8, 4) is 0 Å². The summed E-state index contributed by atoms with van der Waals surface area (Å²) in [5, 5.41) is 7.52. The second-order valence-corrected chi connectivity index (χ2v) is 7.67. The van der Waals surface area contributed by atoms with Crippen molar-refractivity contribution < 1.29 is 13.9 Å². The second-order valence-electron chi connectivity index (χ2n) is 7.67. The van der Waals surface area contributed by atoms with Crippen LogP contribution in [0.1, 0.15) is 42.4 Å². The van der Waals surface area contributed by atoms with Crippen LogP contribution in [0.25, 0.3) is 0 Å². The van der Waals surface area contributed by atoms with E-state index in [1.165, 1.54) is 5.56 Å². The summed E-state index contributed by atoms with van der Waals surface area (Å²) >= 11 is 0. The Bertz CT molecular complexity index is 764. The minimum Gasteiger partial charge on any atom is -0.465 e. The van der Waals surface area contributed by atoms with Crippen molar-refractivity contribution in [2.45, 2.75) is 45.7 Å². The fourth-order valence-corrected chi connectivity index (χ4v) is 3.94. The normalized spacial score (nSPS) is 21.6. The first-order chi connectivity index (χ1) is 13.1. The fraction of sp³-hybridized carbons (Fsp3) is 0.600. The molecule has 2 aliphatic rings. The number of anilines is 1. The molecule has 0 radical (unpaired) electrons. The molecule has 2 aromatic rings. The Hall–Kier alpha value is -2.12. The third kappa shape index (κ3) is 4.09. The van der Waals surface area contributed by atoms with Crippen LogP contribution in [0.5, 0.6) is 0 Å². The Balaban J connectivity index is 1.33. The van der Waals surface area contributed by atoms with E-state index in [0.29, 0.717) is 19.3 Å². The number of aromatic nitrogens is 2. The largest absolute Gasteiger partial charge is 0.465 e. The molecule has 7 heteroatoms. The minimum atomic E-state index is -0.0459. The summed E-state index contributed by atoms with van der Waals surface area (Å²) in [6, 6.07) is 4.33. The predicted molar refractivity (Wildman–Crippen MR) is 102 cm³/mol. The highest BCUT2D eigenvalue weighted by Crippen LogP contribution is 2.27. The molecule has 7 nitrogen and oxygen atoms in total. The topological polar surface area (TPSA) is 72.5 Å². The van der Waals surface area contributed by atoms with E-state index in [1.54, 1.807) is 6.20 Å². The van der Waals surface area contributed by atoms with Gasteiger partial charge >= 0.3 is 0 Å². The van der Waals surface area contributed by atoms with Crippen molar-refractivity contribution in [1.29, 1.82) is 0 Å². The van der Waals surface area contributed by atoms with Crippen LogP contribution in [0.4, 0.5) is 5.82 Å². The molecule has 0 saturated carbocycles. The van der Waals surface area contributed by atoms with Crippen LogP contribution in [0.15, 0.2) is 22.7 Å². The molecule has 2 saturated heterocycles. The smallest absolute Gasteiger partial charge is 0.231 e. The van der Waals surface area contributed by atoms with Crippen LogP contribution in [-0.4, -0.2) is 46.9 Å². The van der Waals surface area contributed by atoms with E-state index in [4.69, 9.17) is 9.15 Å². The number of furan rings is 1. The van der Waals surface area contributed by atoms with Crippen molar-refractivity contribution >= 4 is 11.7 Å². The predicted octanol–water partition coefficient (Wildman–Crippen LogP) is 2.91. The van der Waals surface area contributed by atoms with Gasteiger partial charge in [-0.3, -0.25) is 9.69 Å². The summed E-state index contributed by atoms with van der Waals surface area (Å²) in [5.41, 5.74) is 1.21. The first kappa shape index (κ1) is 18.3. The van der Waals surface area contributed by atoms with Gasteiger partial charge in [0.15, 0.2) is 0 Å². The standard InChI is InChI=1S/C20H28N4O3/c1-14-11-18(27-15(14)2)12-23-8-4-17(5-9-23)24-19(3-7-21-24)22-20(25)16-6-10-26-13-16/h3,7,11,16-17H,4-6,8-10,12-13H2,1-2H3,(H,22,25)/t16-/m0/s1. The lowest BCUT2D eigenvalue weighted by molar-refractivity contribution is -0.119. The molecule has 1 N–H and O–H groups in total. The number of rotatable bonds is 5. The molecular formula is C20H28N4O3. The van der Waals surface area contributed by atoms with Crippen molar-refractivity contribution in [3.05, 3.63) is 35.4 Å². The zero-order chi connectivity index (χ0) is 18.8. The molecule has 2 aromatic heterocycles. The molecule has 146 valence electrons. The van der Waals surface area contributed by atoms with Crippen LogP contribution >= 0.6 is 0 Å². The molecule has 0 bridgehead atoms. The lowest BCUT2D eigenvalue weighted by Crippen LogP contribution is -2.35. The molecule has 2 aliphatic heterocycles. The van der Waals surface area contributed by atoms with Crippen LogP contribution < -0.4 is 5.32 Å². The number of ether oxygens (including phenoxy) is 1. The Kier molecular flexibility index (Phi) is 5.31. The molecule has 0 spiro atoms. The average Bonchev–Trinajstić information content (AvgIpc) is 3.39. The lowest BCUT2D eigenvalue weighted by atomic mass is 10.0. The van der Waals surface area contributed by atoms with E-state index in [1.807, 2.05) is 17.7 Å². The number of likely N-dealkylation sites (tertiary alicyclic amines) is 1. The number of nitrogens with zero attached hydrogens (tertiary/aromatic N) is 3. The highest BCUT2D eigenvalue weighted by atomic mass is 16.5. The van der Waals surface area contributed by atoms with Crippen molar-refractivity contribution in [2.24, 2.45) is 5.92 Å². The van der Waals surface area contributed by atoms with Crippen molar-refractivity contribution in [2.75, 3.05) is 31.6 Å². The molecule has 0 aromatic carbocycles. The van der Waals surface area contributed by atoms with Crippen molar-refractivity contribution in [1.82, 2.24) is 14.7 Å². The molecule has 0 unspecified atom stereocenters. The number of aryl methyl sites for hydroxylation is 2. The van der Waals surface area contributed by atoms with E-state index in [2.05, 4.69) is 28.3 Å². The summed E-state index contributed by atoms with van der Waals surface area (Å²) in [4.78, 5) is 14.8. The minimum absolute atomic E-state index is 0.0373. The third-order valence-electron chi connectivity index (χ3n) is 5.72. The van der Waals surface area contributed by atoms with Gasteiger partial charge in [-0.2, -0.15) is 5.10 Å². The number of hydrogen-bond acceptors (Lipinski definition) is 5. The first-order valence-corrected chi connectivity index (χ1v) is 9.80. The molecule has 0 aliphatic carbocycles. The molecule has 4 rings (SSSR count). The van der Waals surface area contributed by atoms with Crippen LogP contribution in [0, 0.1) is 19.8 Å². The van der Waals surface area contributed by atoms with Gasteiger partial charge in [0, 0.05) is 25.8 Å². The quantitative estimate of drug-likeness (QED) is 0.874. The van der Waals surface area contributed by atoms with Gasteiger partial charge in [-0.25, -0.2) is 4.68 Å². The van der Waals surface area contributed by atoms with Crippen LogP contribution in [-0.2, 0) is 16.1 Å². The molecule has 2 fully saturated rings. The maximum Gasteiger partial charge on any atom is 0.231 e. The summed E-state index contributed by atoms with van der Waals surface area (Å²) < 4.78 is 13.1. The van der Waals surface area contributed by atoms with Crippen LogP contribution in [0.3, 0.4) is 0 Å². The van der Waals surface area contributed by atoms with Gasteiger partial charge in [-0.1, -0.05) is 0 Å². The zero-order valence-corrected chi connectivity index (χ0v) is 16.1. The van der Waals surface area contributed by atoms with Gasteiger partial charge in [0.2, 0.25) is 5.91 Å². The van der Waals surface area contributed by atoms with Gasteiger partial charge < -0.3 is 14.5 Å². The lowest BCUT2D eigenvalue weighted by Gasteiger charge is -2.32. The fourth-order valence-electron chi connectivity index (χ4n) is 3.94. The molecule has 4 heterocycles. The number of carbonyl (C=O) groups excluding carboxylic acids is 1. The third-order valence-corrected chi connectivity index (χ3v) is 5.72.